The first kappa shape index (κ1) is 15.7. The van der Waals surface area contributed by atoms with E-state index in [1.165, 1.54) is 7.11 Å². The van der Waals surface area contributed by atoms with Gasteiger partial charge in [-0.2, -0.15) is 0 Å². The van der Waals surface area contributed by atoms with Crippen LogP contribution in [-0.4, -0.2) is 49.1 Å². The van der Waals surface area contributed by atoms with E-state index >= 15 is 0 Å². The maximum Gasteiger partial charge on any atom is 0.337 e. The lowest BCUT2D eigenvalue weighted by Gasteiger charge is -2.26. The number of rotatable bonds is 4. The van der Waals surface area contributed by atoms with Gasteiger partial charge in [0.1, 0.15) is 5.76 Å². The van der Waals surface area contributed by atoms with Gasteiger partial charge in [0.15, 0.2) is 0 Å². The second-order valence-corrected chi connectivity index (χ2v) is 5.62. The van der Waals surface area contributed by atoms with E-state index in [1.807, 2.05) is 19.1 Å². The predicted molar refractivity (Wildman–Crippen MR) is 86.2 cm³/mol. The minimum Gasteiger partial charge on any atom is -0.465 e. The van der Waals surface area contributed by atoms with Crippen LogP contribution in [0.2, 0.25) is 0 Å². The summed E-state index contributed by atoms with van der Waals surface area (Å²) in [6.45, 7) is 6.82. The van der Waals surface area contributed by atoms with Gasteiger partial charge >= 0.3 is 5.97 Å². The third kappa shape index (κ3) is 3.60. The molecule has 0 aliphatic carbocycles. The molecule has 0 bridgehead atoms. The Bertz CT molecular complexity index is 673. The molecule has 1 aromatic carbocycles. The van der Waals surface area contributed by atoms with Gasteiger partial charge in [0.05, 0.1) is 18.4 Å². The van der Waals surface area contributed by atoms with E-state index in [-0.39, 0.29) is 5.97 Å². The molecule has 1 fully saturated rings. The zero-order valence-corrected chi connectivity index (χ0v) is 13.5. The quantitative estimate of drug-likeness (QED) is 0.869. The van der Waals surface area contributed by atoms with E-state index in [2.05, 4.69) is 15.2 Å². The average Bonchev–Trinajstić information content (AvgIpc) is 2.96. The average molecular weight is 315 g/mol. The smallest absolute Gasteiger partial charge is 0.337 e. The van der Waals surface area contributed by atoms with Crippen molar-refractivity contribution in [3.05, 3.63) is 41.3 Å². The SMILES string of the molecule is COC(=O)c1ccc(-c2nc(CN3CCNCC3)c(C)o2)cc1. The van der Waals surface area contributed by atoms with Crippen LogP contribution in [0.25, 0.3) is 11.5 Å². The molecule has 0 saturated carbocycles. The summed E-state index contributed by atoms with van der Waals surface area (Å²) >= 11 is 0. The van der Waals surface area contributed by atoms with Gasteiger partial charge in [-0.05, 0) is 31.2 Å². The maximum atomic E-state index is 11.5. The fourth-order valence-corrected chi connectivity index (χ4v) is 2.65. The van der Waals surface area contributed by atoms with Crippen LogP contribution in [0.3, 0.4) is 0 Å². The number of oxazole rings is 1. The van der Waals surface area contributed by atoms with Crippen LogP contribution in [0, 0.1) is 6.92 Å². The number of esters is 1. The Morgan fingerprint density at radius 1 is 1.30 bits per heavy atom. The summed E-state index contributed by atoms with van der Waals surface area (Å²) in [6.07, 6.45) is 0. The summed E-state index contributed by atoms with van der Waals surface area (Å²) in [6, 6.07) is 7.09. The molecule has 0 atom stereocenters. The molecule has 122 valence electrons. The number of hydrogen-bond donors (Lipinski definition) is 1. The molecule has 6 nitrogen and oxygen atoms in total. The number of aryl methyl sites for hydroxylation is 1. The predicted octanol–water partition coefficient (Wildman–Crippen LogP) is 1.84. The Kier molecular flexibility index (Phi) is 4.73. The number of nitrogens with one attached hydrogen (secondary N) is 1. The van der Waals surface area contributed by atoms with Gasteiger partial charge in [0, 0.05) is 38.3 Å². The number of carbonyl (C=O) groups excluding carboxylic acids is 1. The zero-order valence-electron chi connectivity index (χ0n) is 13.5. The van der Waals surface area contributed by atoms with Crippen LogP contribution in [0.5, 0.6) is 0 Å². The Hall–Kier alpha value is -2.18. The van der Waals surface area contributed by atoms with Gasteiger partial charge in [-0.25, -0.2) is 9.78 Å². The van der Waals surface area contributed by atoms with Crippen molar-refractivity contribution in [2.45, 2.75) is 13.5 Å². The number of ether oxygens (including phenoxy) is 1. The summed E-state index contributed by atoms with van der Waals surface area (Å²) in [7, 11) is 1.37. The van der Waals surface area contributed by atoms with Gasteiger partial charge in [0.2, 0.25) is 5.89 Å². The monoisotopic (exact) mass is 315 g/mol. The lowest BCUT2D eigenvalue weighted by Crippen LogP contribution is -2.43. The fraction of sp³-hybridized carbons (Fsp3) is 0.412. The lowest BCUT2D eigenvalue weighted by atomic mass is 10.1. The number of methoxy groups -OCH3 is 1. The van der Waals surface area contributed by atoms with E-state index in [4.69, 9.17) is 9.15 Å². The Balaban J connectivity index is 1.75. The summed E-state index contributed by atoms with van der Waals surface area (Å²) in [5.74, 6) is 1.08. The van der Waals surface area contributed by atoms with Crippen molar-refractivity contribution in [1.29, 1.82) is 0 Å². The lowest BCUT2D eigenvalue weighted by molar-refractivity contribution is 0.0600. The Morgan fingerprint density at radius 2 is 2.00 bits per heavy atom. The van der Waals surface area contributed by atoms with Crippen molar-refractivity contribution in [3.8, 4) is 11.5 Å². The molecule has 1 aromatic heterocycles. The van der Waals surface area contributed by atoms with Crippen LogP contribution in [-0.2, 0) is 11.3 Å². The summed E-state index contributed by atoms with van der Waals surface area (Å²) in [5, 5.41) is 3.34. The topological polar surface area (TPSA) is 67.6 Å². The maximum absolute atomic E-state index is 11.5. The van der Waals surface area contributed by atoms with Gasteiger partial charge in [-0.15, -0.1) is 0 Å². The molecule has 0 unspecified atom stereocenters. The van der Waals surface area contributed by atoms with Gasteiger partial charge in [0.25, 0.3) is 0 Å². The molecule has 1 aliphatic rings. The minimum absolute atomic E-state index is 0.348. The number of nitrogens with zero attached hydrogens (tertiary/aromatic N) is 2. The first-order valence-corrected chi connectivity index (χ1v) is 7.75. The van der Waals surface area contributed by atoms with Crippen molar-refractivity contribution < 1.29 is 13.9 Å². The Morgan fingerprint density at radius 3 is 2.65 bits per heavy atom. The largest absolute Gasteiger partial charge is 0.465 e. The molecule has 1 N–H and O–H groups in total. The molecular weight excluding hydrogens is 294 g/mol. The molecule has 0 radical (unpaired) electrons. The molecule has 2 aromatic rings. The van der Waals surface area contributed by atoms with Crippen LogP contribution in [0.15, 0.2) is 28.7 Å². The van der Waals surface area contributed by atoms with E-state index in [1.54, 1.807) is 12.1 Å². The number of benzene rings is 1. The molecule has 0 spiro atoms. The molecule has 23 heavy (non-hydrogen) atoms. The van der Waals surface area contributed by atoms with Gasteiger partial charge in [-0.1, -0.05) is 0 Å². The highest BCUT2D eigenvalue weighted by Crippen LogP contribution is 2.23. The van der Waals surface area contributed by atoms with Crippen LogP contribution in [0.1, 0.15) is 21.8 Å². The molecule has 6 heteroatoms. The number of carbonyl (C=O) groups is 1. The fourth-order valence-electron chi connectivity index (χ4n) is 2.65. The highest BCUT2D eigenvalue weighted by molar-refractivity contribution is 5.89. The van der Waals surface area contributed by atoms with Gasteiger partial charge in [-0.3, -0.25) is 4.90 Å². The van der Waals surface area contributed by atoms with E-state index < -0.39 is 0 Å². The van der Waals surface area contributed by atoms with Crippen LogP contribution < -0.4 is 5.32 Å². The minimum atomic E-state index is -0.348. The molecule has 1 saturated heterocycles. The highest BCUT2D eigenvalue weighted by atomic mass is 16.5. The number of aromatic nitrogens is 1. The van der Waals surface area contributed by atoms with Crippen molar-refractivity contribution in [3.63, 3.8) is 0 Å². The second kappa shape index (κ2) is 6.93. The Labute approximate surface area is 135 Å². The third-order valence-corrected chi connectivity index (χ3v) is 4.03. The first-order valence-electron chi connectivity index (χ1n) is 7.75. The van der Waals surface area contributed by atoms with Crippen molar-refractivity contribution in [2.24, 2.45) is 0 Å². The van der Waals surface area contributed by atoms with Crippen LogP contribution in [0.4, 0.5) is 0 Å². The molecule has 1 aliphatic heterocycles. The van der Waals surface area contributed by atoms with E-state index in [9.17, 15) is 4.79 Å². The van der Waals surface area contributed by atoms with Crippen molar-refractivity contribution >= 4 is 5.97 Å². The standard InChI is InChI=1S/C17H21N3O3/c1-12-15(11-20-9-7-18-8-10-20)19-16(23-12)13-3-5-14(6-4-13)17(21)22-2/h3-6,18H,7-11H2,1-2H3. The second-order valence-electron chi connectivity index (χ2n) is 5.62. The van der Waals surface area contributed by atoms with Crippen molar-refractivity contribution in [2.75, 3.05) is 33.3 Å². The molecular formula is C17H21N3O3. The molecule has 0 amide bonds. The first-order chi connectivity index (χ1) is 11.2. The number of hydrogen-bond acceptors (Lipinski definition) is 6. The van der Waals surface area contributed by atoms with E-state index in [0.717, 1.165) is 49.7 Å². The highest BCUT2D eigenvalue weighted by Gasteiger charge is 2.16. The third-order valence-electron chi connectivity index (χ3n) is 4.03. The van der Waals surface area contributed by atoms with E-state index in [0.29, 0.717) is 11.5 Å². The van der Waals surface area contributed by atoms with Crippen LogP contribution >= 0.6 is 0 Å². The summed E-state index contributed by atoms with van der Waals surface area (Å²) in [5.41, 5.74) is 2.34. The normalized spacial score (nSPS) is 15.6. The van der Waals surface area contributed by atoms with Crippen molar-refractivity contribution in [1.82, 2.24) is 15.2 Å². The summed E-state index contributed by atoms with van der Waals surface area (Å²) < 4.78 is 10.5. The van der Waals surface area contributed by atoms with Gasteiger partial charge < -0.3 is 14.5 Å². The molecule has 3 rings (SSSR count). The molecule has 2 heterocycles. The number of piperazine rings is 1. The zero-order chi connectivity index (χ0) is 16.2. The summed E-state index contributed by atoms with van der Waals surface area (Å²) in [4.78, 5) is 18.5.